The fraction of sp³-hybridized carbons (Fsp3) is 0.304. The molecular weight excluding hydrogens is 396 g/mol. The minimum absolute atomic E-state index is 0.0411. The van der Waals surface area contributed by atoms with Crippen LogP contribution in [0.2, 0.25) is 0 Å². The van der Waals surface area contributed by atoms with Crippen LogP contribution < -0.4 is 10.1 Å². The lowest BCUT2D eigenvalue weighted by Gasteiger charge is -2.32. The summed E-state index contributed by atoms with van der Waals surface area (Å²) in [6, 6.07) is 17.1. The van der Waals surface area contributed by atoms with Crippen molar-refractivity contribution in [1.82, 2.24) is 20.4 Å². The van der Waals surface area contributed by atoms with E-state index in [-0.39, 0.29) is 24.3 Å². The third kappa shape index (κ3) is 4.91. The summed E-state index contributed by atoms with van der Waals surface area (Å²) in [4.78, 5) is 31.2. The number of nitrogens with zero attached hydrogens (tertiary/aromatic N) is 3. The molecule has 4 rings (SSSR count). The molecule has 2 aromatic carbocycles. The Hall–Kier alpha value is -3.68. The van der Waals surface area contributed by atoms with Gasteiger partial charge in [0.05, 0.1) is 19.6 Å². The second-order valence-corrected chi connectivity index (χ2v) is 7.42. The number of carbonyl (C=O) groups excluding carboxylic acids is 2. The van der Waals surface area contributed by atoms with Gasteiger partial charge in [-0.05, 0) is 12.5 Å². The van der Waals surface area contributed by atoms with E-state index >= 15 is 0 Å². The summed E-state index contributed by atoms with van der Waals surface area (Å²) in [5.74, 6) is 1.17. The first-order chi connectivity index (χ1) is 15.1. The summed E-state index contributed by atoms with van der Waals surface area (Å²) in [6.45, 7) is 0.925. The van der Waals surface area contributed by atoms with Gasteiger partial charge in [0.15, 0.2) is 0 Å². The van der Waals surface area contributed by atoms with Crippen LogP contribution >= 0.6 is 0 Å². The highest BCUT2D eigenvalue weighted by molar-refractivity contribution is 5.83. The van der Waals surface area contributed by atoms with E-state index in [0.29, 0.717) is 37.6 Å². The van der Waals surface area contributed by atoms with Crippen LogP contribution in [0.3, 0.4) is 0 Å². The van der Waals surface area contributed by atoms with E-state index in [2.05, 4.69) is 15.5 Å². The summed E-state index contributed by atoms with van der Waals surface area (Å²) in [7, 11) is 1.61. The molecule has 1 aliphatic heterocycles. The summed E-state index contributed by atoms with van der Waals surface area (Å²) >= 11 is 0. The van der Waals surface area contributed by atoms with Gasteiger partial charge in [0.2, 0.25) is 23.5 Å². The van der Waals surface area contributed by atoms with Gasteiger partial charge in [0.25, 0.3) is 0 Å². The zero-order chi connectivity index (χ0) is 21.6. The number of hydrogen-bond acceptors (Lipinski definition) is 6. The molecule has 1 saturated heterocycles. The van der Waals surface area contributed by atoms with E-state index in [1.807, 2.05) is 54.6 Å². The number of carbonyl (C=O) groups is 2. The molecule has 2 amide bonds. The molecule has 8 heteroatoms. The van der Waals surface area contributed by atoms with Crippen LogP contribution in [-0.2, 0) is 22.7 Å². The molecule has 1 fully saturated rings. The van der Waals surface area contributed by atoms with Gasteiger partial charge >= 0.3 is 0 Å². The van der Waals surface area contributed by atoms with Crippen molar-refractivity contribution in [2.45, 2.75) is 25.9 Å². The number of methoxy groups -OCH3 is 1. The van der Waals surface area contributed by atoms with Gasteiger partial charge in [0.1, 0.15) is 5.75 Å². The molecule has 2 heterocycles. The second kappa shape index (κ2) is 9.42. The fourth-order valence-corrected chi connectivity index (χ4v) is 3.66. The topological polar surface area (TPSA) is 97.6 Å². The zero-order valence-corrected chi connectivity index (χ0v) is 17.3. The second-order valence-electron chi connectivity index (χ2n) is 7.42. The SMILES string of the molecule is COc1ccccc1CN1C[C@H](C(=O)NCc2nc(-c3ccccc3)no2)CCC1=O. The molecule has 0 bridgehead atoms. The van der Waals surface area contributed by atoms with Crippen LogP contribution in [0.5, 0.6) is 5.75 Å². The first-order valence-corrected chi connectivity index (χ1v) is 10.2. The lowest BCUT2D eigenvalue weighted by atomic mass is 9.96. The number of nitrogens with one attached hydrogen (secondary N) is 1. The van der Waals surface area contributed by atoms with E-state index in [0.717, 1.165) is 16.9 Å². The summed E-state index contributed by atoms with van der Waals surface area (Å²) < 4.78 is 10.6. The lowest BCUT2D eigenvalue weighted by Crippen LogP contribution is -2.45. The van der Waals surface area contributed by atoms with E-state index in [9.17, 15) is 9.59 Å². The number of benzene rings is 2. The van der Waals surface area contributed by atoms with Crippen molar-refractivity contribution in [3.05, 3.63) is 66.1 Å². The number of rotatable bonds is 7. The molecule has 1 atom stereocenters. The van der Waals surface area contributed by atoms with Crippen molar-refractivity contribution in [2.75, 3.05) is 13.7 Å². The molecular formula is C23H24N4O4. The molecule has 0 saturated carbocycles. The third-order valence-electron chi connectivity index (χ3n) is 5.34. The quantitative estimate of drug-likeness (QED) is 0.631. The Morgan fingerprint density at radius 1 is 1.19 bits per heavy atom. The van der Waals surface area contributed by atoms with Gasteiger partial charge in [0, 0.05) is 30.6 Å². The molecule has 1 aromatic heterocycles. The molecule has 8 nitrogen and oxygen atoms in total. The van der Waals surface area contributed by atoms with Crippen LogP contribution in [0.1, 0.15) is 24.3 Å². The van der Waals surface area contributed by atoms with E-state index < -0.39 is 0 Å². The average molecular weight is 420 g/mol. The number of likely N-dealkylation sites (tertiary alicyclic amines) is 1. The van der Waals surface area contributed by atoms with E-state index in [1.54, 1.807) is 12.0 Å². The smallest absolute Gasteiger partial charge is 0.246 e. The van der Waals surface area contributed by atoms with Crippen LogP contribution in [0.15, 0.2) is 59.1 Å². The maximum absolute atomic E-state index is 12.7. The number of hydrogen-bond donors (Lipinski definition) is 1. The monoisotopic (exact) mass is 420 g/mol. The van der Waals surface area contributed by atoms with E-state index in [4.69, 9.17) is 9.26 Å². The van der Waals surface area contributed by atoms with E-state index in [1.165, 1.54) is 0 Å². The first kappa shape index (κ1) is 20.6. The van der Waals surface area contributed by atoms with Crippen molar-refractivity contribution in [1.29, 1.82) is 0 Å². The predicted molar refractivity (Wildman–Crippen MR) is 113 cm³/mol. The summed E-state index contributed by atoms with van der Waals surface area (Å²) in [5, 5.41) is 6.82. The summed E-state index contributed by atoms with van der Waals surface area (Å²) in [6.07, 6.45) is 0.859. The Balaban J connectivity index is 1.34. The Labute approximate surface area is 180 Å². The highest BCUT2D eigenvalue weighted by Gasteiger charge is 2.30. The van der Waals surface area contributed by atoms with Gasteiger partial charge in [-0.25, -0.2) is 0 Å². The maximum Gasteiger partial charge on any atom is 0.246 e. The fourth-order valence-electron chi connectivity index (χ4n) is 3.66. The van der Waals surface area contributed by atoms with Crippen LogP contribution in [0.4, 0.5) is 0 Å². The van der Waals surface area contributed by atoms with Crippen LogP contribution in [-0.4, -0.2) is 40.5 Å². The Kier molecular flexibility index (Phi) is 6.26. The van der Waals surface area contributed by atoms with Crippen molar-refractivity contribution in [3.8, 4) is 17.1 Å². The maximum atomic E-state index is 12.7. The van der Waals surface area contributed by atoms with Gasteiger partial charge in [-0.15, -0.1) is 0 Å². The molecule has 0 radical (unpaired) electrons. The number of aromatic nitrogens is 2. The molecule has 31 heavy (non-hydrogen) atoms. The van der Waals surface area contributed by atoms with Gasteiger partial charge in [-0.3, -0.25) is 9.59 Å². The zero-order valence-electron chi connectivity index (χ0n) is 17.3. The Morgan fingerprint density at radius 2 is 1.97 bits per heavy atom. The van der Waals surface area contributed by atoms with Gasteiger partial charge < -0.3 is 19.5 Å². The first-order valence-electron chi connectivity index (χ1n) is 10.2. The van der Waals surface area contributed by atoms with Crippen LogP contribution in [0.25, 0.3) is 11.4 Å². The highest BCUT2D eigenvalue weighted by Crippen LogP contribution is 2.24. The van der Waals surface area contributed by atoms with Crippen molar-refractivity contribution >= 4 is 11.8 Å². The van der Waals surface area contributed by atoms with Gasteiger partial charge in [-0.2, -0.15) is 4.98 Å². The molecule has 0 unspecified atom stereocenters. The molecule has 1 N–H and O–H groups in total. The minimum Gasteiger partial charge on any atom is -0.496 e. The highest BCUT2D eigenvalue weighted by atomic mass is 16.5. The standard InChI is InChI=1S/C23H24N4O4/c1-30-19-10-6-5-9-17(19)14-27-15-18(11-12-21(27)28)23(29)24-13-20-25-22(26-31-20)16-7-3-2-4-8-16/h2-10,18H,11-15H2,1H3,(H,24,29)/t18-/m1/s1. The Bertz CT molecular complexity index is 1050. The van der Waals surface area contributed by atoms with Crippen LogP contribution in [0, 0.1) is 5.92 Å². The van der Waals surface area contributed by atoms with Crippen molar-refractivity contribution in [3.63, 3.8) is 0 Å². The molecule has 0 spiro atoms. The minimum atomic E-state index is -0.288. The van der Waals surface area contributed by atoms with Gasteiger partial charge in [-0.1, -0.05) is 53.7 Å². The summed E-state index contributed by atoms with van der Waals surface area (Å²) in [5.41, 5.74) is 1.76. The molecule has 0 aliphatic carbocycles. The number of ether oxygens (including phenoxy) is 1. The Morgan fingerprint density at radius 3 is 2.77 bits per heavy atom. The molecule has 3 aromatic rings. The number of amides is 2. The number of piperidine rings is 1. The third-order valence-corrected chi connectivity index (χ3v) is 5.34. The lowest BCUT2D eigenvalue weighted by molar-refractivity contribution is -0.139. The largest absolute Gasteiger partial charge is 0.496 e. The van der Waals surface area contributed by atoms with Crippen molar-refractivity contribution in [2.24, 2.45) is 5.92 Å². The number of para-hydroxylation sites is 1. The average Bonchev–Trinajstić information content (AvgIpc) is 3.29. The molecule has 1 aliphatic rings. The van der Waals surface area contributed by atoms with Crippen molar-refractivity contribution < 1.29 is 18.8 Å². The normalized spacial score (nSPS) is 16.2. The molecule has 160 valence electrons. The predicted octanol–water partition coefficient (Wildman–Crippen LogP) is 2.80.